The van der Waals surface area contributed by atoms with E-state index in [0.29, 0.717) is 17.1 Å². The van der Waals surface area contributed by atoms with Crippen molar-refractivity contribution in [1.82, 2.24) is 15.2 Å². The Morgan fingerprint density at radius 3 is 2.48 bits per heavy atom. The maximum atomic E-state index is 12.0. The summed E-state index contributed by atoms with van der Waals surface area (Å²) in [4.78, 5) is 27.6. The Kier molecular flexibility index (Phi) is 3.39. The van der Waals surface area contributed by atoms with Crippen LogP contribution in [-0.2, 0) is 4.79 Å². The lowest BCUT2D eigenvalue weighted by molar-refractivity contribution is -0.117. The zero-order valence-electron chi connectivity index (χ0n) is 11.5. The van der Waals surface area contributed by atoms with Gasteiger partial charge >= 0.3 is 0 Å². The fourth-order valence-corrected chi connectivity index (χ4v) is 1.87. The Morgan fingerprint density at radius 1 is 1.19 bits per heavy atom. The second-order valence-electron chi connectivity index (χ2n) is 5.04. The van der Waals surface area contributed by atoms with Gasteiger partial charge in [-0.3, -0.25) is 20.0 Å². The van der Waals surface area contributed by atoms with E-state index in [0.717, 1.165) is 12.8 Å². The summed E-state index contributed by atoms with van der Waals surface area (Å²) in [7, 11) is 0. The van der Waals surface area contributed by atoms with Gasteiger partial charge in [-0.25, -0.2) is 0 Å². The van der Waals surface area contributed by atoms with Crippen molar-refractivity contribution < 1.29 is 9.59 Å². The Morgan fingerprint density at radius 2 is 1.90 bits per heavy atom. The fraction of sp³-hybridized carbons (Fsp3) is 0.286. The number of carbonyl (C=O) groups excluding carboxylic acids is 2. The highest BCUT2D eigenvalue weighted by atomic mass is 16.2. The zero-order chi connectivity index (χ0) is 14.8. The molecule has 0 saturated heterocycles. The lowest BCUT2D eigenvalue weighted by Gasteiger charge is -2.05. The van der Waals surface area contributed by atoms with Crippen molar-refractivity contribution >= 4 is 23.5 Å². The lowest BCUT2D eigenvalue weighted by Crippen LogP contribution is -2.15. The standard InChI is InChI=1S/C14H15N5O2/c1-8-15-14(19-18-8)17-13(21)10-4-6-11(7-5-10)16-12(20)9-2-3-9/h4-7,9H,2-3H2,1H3,(H,16,20)(H2,15,17,18,19,21). The number of hydrogen-bond donors (Lipinski definition) is 3. The monoisotopic (exact) mass is 285 g/mol. The number of benzene rings is 1. The van der Waals surface area contributed by atoms with E-state index < -0.39 is 0 Å². The maximum Gasteiger partial charge on any atom is 0.258 e. The molecule has 1 aliphatic rings. The second kappa shape index (κ2) is 5.35. The SMILES string of the molecule is Cc1nc(NC(=O)c2ccc(NC(=O)C3CC3)cc2)n[nH]1. The van der Waals surface area contributed by atoms with Crippen molar-refractivity contribution in [2.75, 3.05) is 10.6 Å². The van der Waals surface area contributed by atoms with E-state index in [1.165, 1.54) is 0 Å². The molecule has 7 heteroatoms. The first kappa shape index (κ1) is 13.3. The van der Waals surface area contributed by atoms with Crippen LogP contribution in [0, 0.1) is 12.8 Å². The number of nitrogens with one attached hydrogen (secondary N) is 3. The summed E-state index contributed by atoms with van der Waals surface area (Å²) in [6.07, 6.45) is 1.92. The van der Waals surface area contributed by atoms with Crippen LogP contribution in [0.2, 0.25) is 0 Å². The molecule has 2 aromatic rings. The molecule has 108 valence electrons. The lowest BCUT2D eigenvalue weighted by atomic mass is 10.2. The van der Waals surface area contributed by atoms with E-state index in [1.54, 1.807) is 31.2 Å². The Hall–Kier alpha value is -2.70. The van der Waals surface area contributed by atoms with Gasteiger partial charge in [-0.05, 0) is 44.0 Å². The van der Waals surface area contributed by atoms with E-state index in [1.807, 2.05) is 0 Å². The van der Waals surface area contributed by atoms with Gasteiger partial charge in [-0.1, -0.05) is 0 Å². The summed E-state index contributed by atoms with van der Waals surface area (Å²) in [5, 5.41) is 11.9. The minimum Gasteiger partial charge on any atom is -0.326 e. The maximum absolute atomic E-state index is 12.0. The summed E-state index contributed by atoms with van der Waals surface area (Å²) in [5.41, 5.74) is 1.17. The second-order valence-corrected chi connectivity index (χ2v) is 5.04. The van der Waals surface area contributed by atoms with Crippen molar-refractivity contribution in [3.8, 4) is 0 Å². The van der Waals surface area contributed by atoms with Gasteiger partial charge < -0.3 is 5.32 Å². The zero-order valence-corrected chi connectivity index (χ0v) is 11.5. The minimum atomic E-state index is -0.297. The van der Waals surface area contributed by atoms with Gasteiger partial charge in [0.1, 0.15) is 5.82 Å². The first-order chi connectivity index (χ1) is 10.1. The predicted molar refractivity (Wildman–Crippen MR) is 76.9 cm³/mol. The van der Waals surface area contributed by atoms with Crippen LogP contribution in [0.4, 0.5) is 11.6 Å². The third-order valence-corrected chi connectivity index (χ3v) is 3.19. The van der Waals surface area contributed by atoms with Crippen LogP contribution in [-0.4, -0.2) is 27.0 Å². The predicted octanol–water partition coefficient (Wildman–Crippen LogP) is 1.71. The molecular weight excluding hydrogens is 270 g/mol. The number of nitrogens with zero attached hydrogens (tertiary/aromatic N) is 2. The normalized spacial score (nSPS) is 13.8. The molecule has 0 aliphatic heterocycles. The van der Waals surface area contributed by atoms with Crippen molar-refractivity contribution in [3.63, 3.8) is 0 Å². The molecule has 1 aliphatic carbocycles. The molecule has 3 rings (SSSR count). The number of aromatic amines is 1. The van der Waals surface area contributed by atoms with E-state index in [-0.39, 0.29) is 23.7 Å². The van der Waals surface area contributed by atoms with Gasteiger partial charge in [0, 0.05) is 17.2 Å². The van der Waals surface area contributed by atoms with E-state index in [9.17, 15) is 9.59 Å². The number of carbonyl (C=O) groups is 2. The average Bonchev–Trinajstić information content (AvgIpc) is 3.24. The Labute approximate surface area is 121 Å². The Bertz CT molecular complexity index is 673. The van der Waals surface area contributed by atoms with E-state index >= 15 is 0 Å². The van der Waals surface area contributed by atoms with Crippen LogP contribution < -0.4 is 10.6 Å². The topological polar surface area (TPSA) is 99.8 Å². The molecule has 7 nitrogen and oxygen atoms in total. The van der Waals surface area contributed by atoms with Crippen LogP contribution in [0.5, 0.6) is 0 Å². The smallest absolute Gasteiger partial charge is 0.258 e. The molecule has 1 aromatic heterocycles. The molecule has 21 heavy (non-hydrogen) atoms. The fourth-order valence-electron chi connectivity index (χ4n) is 1.87. The highest BCUT2D eigenvalue weighted by molar-refractivity contribution is 6.03. The summed E-state index contributed by atoms with van der Waals surface area (Å²) >= 11 is 0. The quantitative estimate of drug-likeness (QED) is 0.796. The van der Waals surface area contributed by atoms with Crippen molar-refractivity contribution in [3.05, 3.63) is 35.7 Å². The Balaban J connectivity index is 1.62. The van der Waals surface area contributed by atoms with Gasteiger partial charge in [-0.2, -0.15) is 4.98 Å². The molecule has 3 N–H and O–H groups in total. The molecule has 1 aromatic carbocycles. The van der Waals surface area contributed by atoms with Crippen molar-refractivity contribution in [1.29, 1.82) is 0 Å². The van der Waals surface area contributed by atoms with Crippen molar-refractivity contribution in [2.45, 2.75) is 19.8 Å². The molecule has 0 radical (unpaired) electrons. The van der Waals surface area contributed by atoms with Crippen LogP contribution >= 0.6 is 0 Å². The number of rotatable bonds is 4. The van der Waals surface area contributed by atoms with Gasteiger partial charge in [0.2, 0.25) is 11.9 Å². The van der Waals surface area contributed by atoms with Crippen LogP contribution in [0.25, 0.3) is 0 Å². The molecule has 1 heterocycles. The summed E-state index contributed by atoms with van der Waals surface area (Å²) < 4.78 is 0. The molecule has 1 saturated carbocycles. The molecule has 1 fully saturated rings. The van der Waals surface area contributed by atoms with Crippen LogP contribution in [0.15, 0.2) is 24.3 Å². The van der Waals surface area contributed by atoms with E-state index in [4.69, 9.17) is 0 Å². The van der Waals surface area contributed by atoms with E-state index in [2.05, 4.69) is 25.8 Å². The number of aromatic nitrogens is 3. The molecule has 0 unspecified atom stereocenters. The number of hydrogen-bond acceptors (Lipinski definition) is 4. The van der Waals surface area contributed by atoms with Gasteiger partial charge in [0.25, 0.3) is 5.91 Å². The minimum absolute atomic E-state index is 0.0448. The number of amides is 2. The number of H-pyrrole nitrogens is 1. The summed E-state index contributed by atoms with van der Waals surface area (Å²) in [6.45, 7) is 1.75. The van der Waals surface area contributed by atoms with Crippen molar-refractivity contribution in [2.24, 2.45) is 5.92 Å². The molecule has 0 spiro atoms. The van der Waals surface area contributed by atoms with Crippen LogP contribution in [0.3, 0.4) is 0 Å². The first-order valence-corrected chi connectivity index (χ1v) is 6.73. The van der Waals surface area contributed by atoms with Gasteiger partial charge in [0.05, 0.1) is 0 Å². The largest absolute Gasteiger partial charge is 0.326 e. The third-order valence-electron chi connectivity index (χ3n) is 3.19. The third kappa shape index (κ3) is 3.25. The molecular formula is C14H15N5O2. The highest BCUT2D eigenvalue weighted by Gasteiger charge is 2.29. The summed E-state index contributed by atoms with van der Waals surface area (Å²) in [5.74, 6) is 0.770. The molecule has 0 atom stereocenters. The molecule has 0 bridgehead atoms. The van der Waals surface area contributed by atoms with Crippen LogP contribution in [0.1, 0.15) is 29.0 Å². The first-order valence-electron chi connectivity index (χ1n) is 6.73. The number of aryl methyl sites for hydroxylation is 1. The summed E-state index contributed by atoms with van der Waals surface area (Å²) in [6, 6.07) is 6.71. The highest BCUT2D eigenvalue weighted by Crippen LogP contribution is 2.30. The average molecular weight is 285 g/mol. The van der Waals surface area contributed by atoms with Gasteiger partial charge in [-0.15, -0.1) is 5.10 Å². The number of anilines is 2. The molecule has 2 amide bonds. The van der Waals surface area contributed by atoms with Gasteiger partial charge in [0.15, 0.2) is 0 Å².